The molecule has 0 aliphatic carbocycles. The van der Waals surface area contributed by atoms with Crippen LogP contribution in [0.2, 0.25) is 0 Å². The molecule has 1 heterocycles. The number of rotatable bonds is 2. The van der Waals surface area contributed by atoms with Crippen molar-refractivity contribution >= 4 is 17.6 Å². The first kappa shape index (κ1) is 12.6. The van der Waals surface area contributed by atoms with Crippen LogP contribution in [0.4, 0.5) is 5.69 Å². The number of esters is 1. The van der Waals surface area contributed by atoms with Gasteiger partial charge in [0, 0.05) is 12.1 Å². The zero-order valence-corrected chi connectivity index (χ0v) is 10.9. The molecule has 0 radical (unpaired) electrons. The van der Waals surface area contributed by atoms with Crippen LogP contribution in [0.15, 0.2) is 18.2 Å². The van der Waals surface area contributed by atoms with E-state index in [1.165, 1.54) is 7.11 Å². The first-order valence-corrected chi connectivity index (χ1v) is 6.01. The largest absolute Gasteiger partial charge is 0.467 e. The Morgan fingerprint density at radius 1 is 1.39 bits per heavy atom. The maximum Gasteiger partial charge on any atom is 0.328 e. The third-order valence-corrected chi connectivity index (χ3v) is 3.31. The fraction of sp³-hybridized carbons (Fsp3) is 0.429. The van der Waals surface area contributed by atoms with Gasteiger partial charge in [0.25, 0.3) is 0 Å². The summed E-state index contributed by atoms with van der Waals surface area (Å²) < 4.78 is 4.77. The van der Waals surface area contributed by atoms with Crippen molar-refractivity contribution in [2.24, 2.45) is 0 Å². The van der Waals surface area contributed by atoms with E-state index in [1.54, 1.807) is 4.90 Å². The third-order valence-electron chi connectivity index (χ3n) is 3.31. The topological polar surface area (TPSA) is 46.6 Å². The van der Waals surface area contributed by atoms with E-state index in [1.807, 2.05) is 32.0 Å². The van der Waals surface area contributed by atoms with Gasteiger partial charge < -0.3 is 4.74 Å². The maximum absolute atomic E-state index is 12.0. The Morgan fingerprint density at radius 2 is 2.11 bits per heavy atom. The lowest BCUT2D eigenvalue weighted by molar-refractivity contribution is -0.142. The van der Waals surface area contributed by atoms with Crippen molar-refractivity contribution in [2.75, 3.05) is 12.0 Å². The van der Waals surface area contributed by atoms with Gasteiger partial charge in [-0.2, -0.15) is 0 Å². The number of carbonyl (C=O) groups is 2. The van der Waals surface area contributed by atoms with Crippen LogP contribution in [0.1, 0.15) is 24.0 Å². The van der Waals surface area contributed by atoms with Crippen LogP contribution in [0, 0.1) is 13.8 Å². The summed E-state index contributed by atoms with van der Waals surface area (Å²) in [7, 11) is 1.35. The van der Waals surface area contributed by atoms with E-state index in [2.05, 4.69) is 0 Å². The van der Waals surface area contributed by atoms with E-state index in [0.29, 0.717) is 12.8 Å². The van der Waals surface area contributed by atoms with Crippen molar-refractivity contribution in [3.05, 3.63) is 29.3 Å². The molecule has 1 saturated heterocycles. The van der Waals surface area contributed by atoms with Gasteiger partial charge in [-0.15, -0.1) is 0 Å². The second-order valence-electron chi connectivity index (χ2n) is 4.63. The Kier molecular flexibility index (Phi) is 3.36. The Bertz CT molecular complexity index is 496. The summed E-state index contributed by atoms with van der Waals surface area (Å²) >= 11 is 0. The molecule has 1 amide bonds. The quantitative estimate of drug-likeness (QED) is 0.751. The number of hydrogen-bond donors (Lipinski definition) is 0. The number of amides is 1. The number of ether oxygens (including phenoxy) is 1. The predicted molar refractivity (Wildman–Crippen MR) is 68.4 cm³/mol. The molecule has 0 aromatic heterocycles. The lowest BCUT2D eigenvalue weighted by Crippen LogP contribution is -2.39. The van der Waals surface area contributed by atoms with Crippen LogP contribution in [0.3, 0.4) is 0 Å². The van der Waals surface area contributed by atoms with Gasteiger partial charge in [-0.1, -0.05) is 12.1 Å². The summed E-state index contributed by atoms with van der Waals surface area (Å²) in [5.74, 6) is -0.360. The highest BCUT2D eigenvalue weighted by Crippen LogP contribution is 2.30. The minimum absolute atomic E-state index is 0.0147. The minimum Gasteiger partial charge on any atom is -0.467 e. The molecule has 0 N–H and O–H groups in total. The van der Waals surface area contributed by atoms with E-state index in [-0.39, 0.29) is 11.9 Å². The summed E-state index contributed by atoms with van der Waals surface area (Å²) in [5.41, 5.74) is 2.87. The minimum atomic E-state index is -0.483. The Labute approximate surface area is 107 Å². The van der Waals surface area contributed by atoms with Crippen molar-refractivity contribution in [1.29, 1.82) is 0 Å². The zero-order valence-electron chi connectivity index (χ0n) is 10.9. The number of hydrogen-bond acceptors (Lipinski definition) is 3. The fourth-order valence-corrected chi connectivity index (χ4v) is 2.32. The monoisotopic (exact) mass is 247 g/mol. The summed E-state index contributed by atoms with van der Waals surface area (Å²) in [4.78, 5) is 25.3. The molecule has 4 nitrogen and oxygen atoms in total. The van der Waals surface area contributed by atoms with Gasteiger partial charge in [0.15, 0.2) is 0 Å². The molecule has 2 rings (SSSR count). The lowest BCUT2D eigenvalue weighted by Gasteiger charge is -2.24. The van der Waals surface area contributed by atoms with Crippen molar-refractivity contribution < 1.29 is 14.3 Å². The zero-order chi connectivity index (χ0) is 13.3. The summed E-state index contributed by atoms with van der Waals surface area (Å²) in [5, 5.41) is 0. The highest BCUT2D eigenvalue weighted by molar-refractivity contribution is 6.03. The number of benzene rings is 1. The van der Waals surface area contributed by atoms with Gasteiger partial charge in [0.1, 0.15) is 6.04 Å². The van der Waals surface area contributed by atoms with Gasteiger partial charge in [-0.05, 0) is 37.5 Å². The second-order valence-corrected chi connectivity index (χ2v) is 4.63. The van der Waals surface area contributed by atoms with Gasteiger partial charge >= 0.3 is 5.97 Å². The molecule has 1 fully saturated rings. The number of nitrogens with zero attached hydrogens (tertiary/aromatic N) is 1. The smallest absolute Gasteiger partial charge is 0.328 e. The average Bonchev–Trinajstić information content (AvgIpc) is 2.73. The number of methoxy groups -OCH3 is 1. The molecule has 1 aliphatic rings. The van der Waals surface area contributed by atoms with Crippen LogP contribution in [-0.2, 0) is 14.3 Å². The number of anilines is 1. The lowest BCUT2D eigenvalue weighted by atomic mass is 10.1. The molecule has 18 heavy (non-hydrogen) atoms. The van der Waals surface area contributed by atoms with E-state index >= 15 is 0 Å². The molecular formula is C14H17NO3. The van der Waals surface area contributed by atoms with E-state index < -0.39 is 6.04 Å². The van der Waals surface area contributed by atoms with Crippen molar-refractivity contribution in [3.8, 4) is 0 Å². The highest BCUT2D eigenvalue weighted by atomic mass is 16.5. The first-order valence-electron chi connectivity index (χ1n) is 6.01. The first-order chi connectivity index (χ1) is 8.54. The van der Waals surface area contributed by atoms with E-state index in [4.69, 9.17) is 4.74 Å². The maximum atomic E-state index is 12.0. The molecule has 1 unspecified atom stereocenters. The van der Waals surface area contributed by atoms with Crippen molar-refractivity contribution in [2.45, 2.75) is 32.7 Å². The van der Waals surface area contributed by atoms with Crippen LogP contribution in [0.5, 0.6) is 0 Å². The molecular weight excluding hydrogens is 230 g/mol. The molecule has 1 aliphatic heterocycles. The number of aryl methyl sites for hydroxylation is 2. The Morgan fingerprint density at radius 3 is 2.78 bits per heavy atom. The van der Waals surface area contributed by atoms with E-state index in [0.717, 1.165) is 16.8 Å². The highest BCUT2D eigenvalue weighted by Gasteiger charge is 2.38. The summed E-state index contributed by atoms with van der Waals surface area (Å²) in [6.45, 7) is 3.91. The summed E-state index contributed by atoms with van der Waals surface area (Å²) in [6, 6.07) is 5.41. The Balaban J connectivity index is 2.42. The number of carbonyl (C=O) groups excluding carboxylic acids is 2. The fourth-order valence-electron chi connectivity index (χ4n) is 2.32. The third kappa shape index (κ3) is 2.10. The molecule has 0 saturated carbocycles. The molecule has 1 aromatic carbocycles. The Hall–Kier alpha value is -1.84. The SMILES string of the molecule is COC(=O)C1CCC(=O)N1c1cc(C)ccc1C. The average molecular weight is 247 g/mol. The van der Waals surface area contributed by atoms with Gasteiger partial charge in [0.2, 0.25) is 5.91 Å². The normalized spacial score (nSPS) is 19.2. The van der Waals surface area contributed by atoms with Crippen LogP contribution in [0.25, 0.3) is 0 Å². The van der Waals surface area contributed by atoms with Crippen LogP contribution < -0.4 is 4.90 Å². The van der Waals surface area contributed by atoms with Crippen molar-refractivity contribution in [3.63, 3.8) is 0 Å². The molecule has 1 atom stereocenters. The van der Waals surface area contributed by atoms with Gasteiger partial charge in [0.05, 0.1) is 7.11 Å². The van der Waals surface area contributed by atoms with Gasteiger partial charge in [-0.25, -0.2) is 4.79 Å². The molecule has 4 heteroatoms. The van der Waals surface area contributed by atoms with E-state index in [9.17, 15) is 9.59 Å². The van der Waals surface area contributed by atoms with Crippen LogP contribution >= 0.6 is 0 Å². The molecule has 96 valence electrons. The standard InChI is InChI=1S/C14H17NO3/c1-9-4-5-10(2)12(8-9)15-11(14(17)18-3)6-7-13(15)16/h4-5,8,11H,6-7H2,1-3H3. The molecule has 0 bridgehead atoms. The molecule has 1 aromatic rings. The van der Waals surface area contributed by atoms with Crippen LogP contribution in [-0.4, -0.2) is 25.0 Å². The molecule has 0 spiro atoms. The van der Waals surface area contributed by atoms with Gasteiger partial charge in [-0.3, -0.25) is 9.69 Å². The summed E-state index contributed by atoms with van der Waals surface area (Å²) in [6.07, 6.45) is 0.923. The predicted octanol–water partition coefficient (Wildman–Crippen LogP) is 1.97. The second kappa shape index (κ2) is 4.80. The van der Waals surface area contributed by atoms with Crippen molar-refractivity contribution in [1.82, 2.24) is 0 Å².